The average molecular weight is 211 g/mol. The number of rotatable bonds is 4. The molecule has 1 aliphatic heterocycles. The van der Waals surface area contributed by atoms with E-state index < -0.39 is 0 Å². The first-order valence-corrected chi connectivity index (χ1v) is 6.39. The fourth-order valence-corrected chi connectivity index (χ4v) is 2.21. The molecule has 1 rings (SSSR count). The summed E-state index contributed by atoms with van der Waals surface area (Å²) in [5.41, 5.74) is -0.126. The molecule has 0 aromatic heterocycles. The Balaban J connectivity index is 2.43. The third-order valence-electron chi connectivity index (χ3n) is 3.63. The van der Waals surface area contributed by atoms with Crippen LogP contribution in [0.2, 0.25) is 0 Å². The highest BCUT2D eigenvalue weighted by Crippen LogP contribution is 2.21. The Morgan fingerprint density at radius 2 is 1.67 bits per heavy atom. The van der Waals surface area contributed by atoms with Crippen LogP contribution in [0.4, 0.5) is 0 Å². The summed E-state index contributed by atoms with van der Waals surface area (Å²) in [6, 6.07) is 0. The number of nitrogens with zero attached hydrogens (tertiary/aromatic N) is 1. The molecule has 0 bridgehead atoms. The Bertz CT molecular complexity index is 185. The zero-order valence-electron chi connectivity index (χ0n) is 10.3. The summed E-state index contributed by atoms with van der Waals surface area (Å²) in [4.78, 5) is 13.5. The molecule has 2 heteroatoms. The molecule has 1 heterocycles. The zero-order valence-corrected chi connectivity index (χ0v) is 10.3. The van der Waals surface area contributed by atoms with Crippen LogP contribution in [0.1, 0.15) is 52.4 Å². The van der Waals surface area contributed by atoms with Gasteiger partial charge in [-0.1, -0.05) is 33.1 Å². The van der Waals surface area contributed by atoms with Gasteiger partial charge in [-0.2, -0.15) is 0 Å². The number of hydrogen-bond donors (Lipinski definition) is 0. The number of aldehydes is 1. The van der Waals surface area contributed by atoms with Crippen molar-refractivity contribution in [2.45, 2.75) is 52.4 Å². The van der Waals surface area contributed by atoms with Gasteiger partial charge in [-0.3, -0.25) is 0 Å². The first-order valence-electron chi connectivity index (χ1n) is 6.39. The van der Waals surface area contributed by atoms with Gasteiger partial charge in [-0.25, -0.2) is 0 Å². The van der Waals surface area contributed by atoms with Crippen molar-refractivity contribution < 1.29 is 4.79 Å². The van der Waals surface area contributed by atoms with E-state index in [0.29, 0.717) is 0 Å². The average Bonchev–Trinajstić information content (AvgIpc) is 2.22. The molecule has 1 unspecified atom stereocenters. The molecule has 0 aromatic rings. The summed E-state index contributed by atoms with van der Waals surface area (Å²) >= 11 is 0. The smallest absolute Gasteiger partial charge is 0.127 e. The fraction of sp³-hybridized carbons (Fsp3) is 0.923. The molecule has 0 aliphatic carbocycles. The predicted octanol–water partition coefficient (Wildman–Crippen LogP) is 2.87. The van der Waals surface area contributed by atoms with Crippen molar-refractivity contribution in [3.05, 3.63) is 0 Å². The molecule has 0 radical (unpaired) electrons. The van der Waals surface area contributed by atoms with Crippen molar-refractivity contribution >= 4 is 6.29 Å². The third kappa shape index (κ3) is 4.33. The van der Waals surface area contributed by atoms with Crippen molar-refractivity contribution in [1.29, 1.82) is 0 Å². The van der Waals surface area contributed by atoms with Crippen LogP contribution in [0.25, 0.3) is 0 Å². The van der Waals surface area contributed by atoms with Gasteiger partial charge in [0.25, 0.3) is 0 Å². The topological polar surface area (TPSA) is 20.3 Å². The second kappa shape index (κ2) is 6.26. The normalized spacial score (nSPS) is 23.9. The van der Waals surface area contributed by atoms with Crippen LogP contribution in [0.3, 0.4) is 0 Å². The molecule has 1 fully saturated rings. The SMILES string of the molecule is CCC(C)(C=O)CN1CCCCCCC1. The summed E-state index contributed by atoms with van der Waals surface area (Å²) < 4.78 is 0. The van der Waals surface area contributed by atoms with E-state index in [9.17, 15) is 4.79 Å². The van der Waals surface area contributed by atoms with Gasteiger partial charge < -0.3 is 9.69 Å². The molecule has 15 heavy (non-hydrogen) atoms. The quantitative estimate of drug-likeness (QED) is 0.666. The maximum absolute atomic E-state index is 11.1. The van der Waals surface area contributed by atoms with Gasteiger partial charge in [0.05, 0.1) is 0 Å². The van der Waals surface area contributed by atoms with Gasteiger partial charge in [0, 0.05) is 12.0 Å². The summed E-state index contributed by atoms with van der Waals surface area (Å²) in [5.74, 6) is 0. The minimum Gasteiger partial charge on any atom is -0.303 e. The lowest BCUT2D eigenvalue weighted by atomic mass is 9.88. The minimum absolute atomic E-state index is 0.126. The van der Waals surface area contributed by atoms with Gasteiger partial charge in [0.2, 0.25) is 0 Å². The lowest BCUT2D eigenvalue weighted by molar-refractivity contribution is -0.116. The van der Waals surface area contributed by atoms with Gasteiger partial charge in [-0.15, -0.1) is 0 Å². The van der Waals surface area contributed by atoms with Crippen LogP contribution < -0.4 is 0 Å². The summed E-state index contributed by atoms with van der Waals surface area (Å²) in [5, 5.41) is 0. The van der Waals surface area contributed by atoms with Crippen LogP contribution in [0.15, 0.2) is 0 Å². The summed E-state index contributed by atoms with van der Waals surface area (Å²) in [6.45, 7) is 7.51. The fourth-order valence-electron chi connectivity index (χ4n) is 2.21. The van der Waals surface area contributed by atoms with Crippen molar-refractivity contribution in [3.63, 3.8) is 0 Å². The van der Waals surface area contributed by atoms with E-state index in [0.717, 1.165) is 19.3 Å². The largest absolute Gasteiger partial charge is 0.303 e. The van der Waals surface area contributed by atoms with E-state index in [1.54, 1.807) is 0 Å². The molecule has 1 atom stereocenters. The Morgan fingerprint density at radius 3 is 2.13 bits per heavy atom. The lowest BCUT2D eigenvalue weighted by Gasteiger charge is -2.31. The van der Waals surface area contributed by atoms with E-state index in [4.69, 9.17) is 0 Å². The van der Waals surface area contributed by atoms with Crippen LogP contribution in [0.5, 0.6) is 0 Å². The number of likely N-dealkylation sites (tertiary alicyclic amines) is 1. The second-order valence-corrected chi connectivity index (χ2v) is 5.17. The highest BCUT2D eigenvalue weighted by molar-refractivity contribution is 5.58. The molecule has 0 aromatic carbocycles. The molecule has 1 aliphatic rings. The number of carbonyl (C=O) groups excluding carboxylic acids is 1. The Kier molecular flexibility index (Phi) is 5.30. The molecular formula is C13H25NO. The van der Waals surface area contributed by atoms with Crippen molar-refractivity contribution in [3.8, 4) is 0 Å². The van der Waals surface area contributed by atoms with Gasteiger partial charge in [-0.05, 0) is 32.4 Å². The number of carbonyl (C=O) groups is 1. The number of hydrogen-bond acceptors (Lipinski definition) is 2. The van der Waals surface area contributed by atoms with Gasteiger partial charge in [0.1, 0.15) is 6.29 Å². The standard InChI is InChI=1S/C13H25NO/c1-3-13(2,12-15)11-14-9-7-5-4-6-8-10-14/h12H,3-11H2,1-2H3. The maximum atomic E-state index is 11.1. The van der Waals surface area contributed by atoms with Crippen LogP contribution >= 0.6 is 0 Å². The molecule has 0 N–H and O–H groups in total. The molecule has 0 spiro atoms. The summed E-state index contributed by atoms with van der Waals surface area (Å²) in [6.07, 6.45) is 8.82. The third-order valence-corrected chi connectivity index (χ3v) is 3.63. The maximum Gasteiger partial charge on any atom is 0.127 e. The van der Waals surface area contributed by atoms with Crippen LogP contribution in [0, 0.1) is 5.41 Å². The first-order chi connectivity index (χ1) is 7.20. The molecule has 0 amide bonds. The van der Waals surface area contributed by atoms with Gasteiger partial charge in [0.15, 0.2) is 0 Å². The van der Waals surface area contributed by atoms with E-state index in [1.165, 1.54) is 45.2 Å². The van der Waals surface area contributed by atoms with E-state index >= 15 is 0 Å². The molecular weight excluding hydrogens is 186 g/mol. The molecule has 0 saturated carbocycles. The Labute approximate surface area is 94.0 Å². The molecule has 2 nitrogen and oxygen atoms in total. The predicted molar refractivity (Wildman–Crippen MR) is 64.0 cm³/mol. The highest BCUT2D eigenvalue weighted by Gasteiger charge is 2.24. The van der Waals surface area contributed by atoms with E-state index in [-0.39, 0.29) is 5.41 Å². The van der Waals surface area contributed by atoms with Crippen LogP contribution in [-0.4, -0.2) is 30.8 Å². The first kappa shape index (κ1) is 12.7. The van der Waals surface area contributed by atoms with Crippen molar-refractivity contribution in [2.24, 2.45) is 5.41 Å². The molecule has 88 valence electrons. The second-order valence-electron chi connectivity index (χ2n) is 5.17. The zero-order chi connectivity index (χ0) is 11.1. The monoisotopic (exact) mass is 211 g/mol. The summed E-state index contributed by atoms with van der Waals surface area (Å²) in [7, 11) is 0. The van der Waals surface area contributed by atoms with Gasteiger partial charge >= 0.3 is 0 Å². The van der Waals surface area contributed by atoms with E-state index in [2.05, 4.69) is 18.7 Å². The van der Waals surface area contributed by atoms with Crippen molar-refractivity contribution in [2.75, 3.05) is 19.6 Å². The Hall–Kier alpha value is -0.370. The minimum atomic E-state index is -0.126. The van der Waals surface area contributed by atoms with Crippen molar-refractivity contribution in [1.82, 2.24) is 4.90 Å². The molecule has 1 saturated heterocycles. The Morgan fingerprint density at radius 1 is 1.13 bits per heavy atom. The van der Waals surface area contributed by atoms with Crippen LogP contribution in [-0.2, 0) is 4.79 Å². The highest BCUT2D eigenvalue weighted by atomic mass is 16.1. The van der Waals surface area contributed by atoms with E-state index in [1.807, 2.05) is 0 Å². The lowest BCUT2D eigenvalue weighted by Crippen LogP contribution is -2.38.